The summed E-state index contributed by atoms with van der Waals surface area (Å²) >= 11 is 0. The third kappa shape index (κ3) is 7.71. The van der Waals surface area contributed by atoms with Crippen molar-refractivity contribution >= 4 is 23.4 Å². The molecular weight excluding hydrogens is 699 g/mol. The van der Waals surface area contributed by atoms with E-state index >= 15 is 0 Å². The van der Waals surface area contributed by atoms with E-state index in [9.17, 15) is 0 Å². The third-order valence-corrected chi connectivity index (χ3v) is 11.0. The number of nitrogens with zero attached hydrogens (tertiary/aromatic N) is 4. The Morgan fingerprint density at radius 2 is 0.895 bits per heavy atom. The van der Waals surface area contributed by atoms with Gasteiger partial charge < -0.3 is 9.47 Å². The zero-order chi connectivity index (χ0) is 39.8. The minimum Gasteiger partial charge on any atom is -0.457 e. The fourth-order valence-electron chi connectivity index (χ4n) is 7.78. The molecule has 8 rings (SSSR count). The summed E-state index contributed by atoms with van der Waals surface area (Å²) in [5, 5.41) is 0. The lowest BCUT2D eigenvalue weighted by atomic mass is 9.42. The molecule has 0 saturated carbocycles. The first-order valence-corrected chi connectivity index (χ1v) is 20.2. The van der Waals surface area contributed by atoms with Gasteiger partial charge in [-0.1, -0.05) is 103 Å². The molecule has 0 spiro atoms. The van der Waals surface area contributed by atoms with Gasteiger partial charge >= 0.3 is 0 Å². The standard InChI is InChI=1S/C50H49BN4O2/c1-30(2)34-18-22-52-46(24-34)36-10-14-40(32(5)6)48(26-36)56-38-12-16-42-43-17-13-39(29-45(43)51(44(42)28-38)50-54-20-9-21-55-50)57-49-27-37(11-15-41(49)33(7)8)47-25-35(31(3)4)19-23-53-47/h9-33H,1-8H3. The van der Waals surface area contributed by atoms with E-state index in [4.69, 9.17) is 29.4 Å². The molecule has 0 bridgehead atoms. The Hall–Kier alpha value is -6.08. The van der Waals surface area contributed by atoms with E-state index in [-0.39, 0.29) is 18.5 Å². The summed E-state index contributed by atoms with van der Waals surface area (Å²) in [6.45, 7) is 17.4. The highest BCUT2D eigenvalue weighted by molar-refractivity contribution is 6.98. The zero-order valence-electron chi connectivity index (χ0n) is 34.1. The van der Waals surface area contributed by atoms with Crippen LogP contribution in [0.1, 0.15) is 101 Å². The summed E-state index contributed by atoms with van der Waals surface area (Å²) in [6.07, 6.45) is 7.41. The smallest absolute Gasteiger partial charge is 0.291 e. The molecule has 7 aromatic rings. The predicted octanol–water partition coefficient (Wildman–Crippen LogP) is 11.2. The minimum absolute atomic E-state index is 0.207. The summed E-state index contributed by atoms with van der Waals surface area (Å²) in [7, 11) is 0. The Bertz CT molecular complexity index is 2410. The molecule has 0 atom stereocenters. The normalized spacial score (nSPS) is 12.1. The molecule has 0 fully saturated rings. The maximum Gasteiger partial charge on any atom is 0.291 e. The molecule has 57 heavy (non-hydrogen) atoms. The molecule has 0 amide bonds. The molecule has 0 N–H and O–H groups in total. The van der Waals surface area contributed by atoms with Crippen LogP contribution in [0.25, 0.3) is 33.6 Å². The first-order chi connectivity index (χ1) is 27.5. The minimum atomic E-state index is -0.207. The van der Waals surface area contributed by atoms with Crippen molar-refractivity contribution in [3.05, 3.63) is 150 Å². The quantitative estimate of drug-likeness (QED) is 0.123. The van der Waals surface area contributed by atoms with Crippen LogP contribution in [0, 0.1) is 0 Å². The van der Waals surface area contributed by atoms with Crippen molar-refractivity contribution in [2.45, 2.75) is 79.1 Å². The van der Waals surface area contributed by atoms with Crippen LogP contribution in [0.2, 0.25) is 0 Å². The Kier molecular flexibility index (Phi) is 10.5. The number of benzene rings is 4. The molecule has 4 aromatic carbocycles. The number of ether oxygens (including phenoxy) is 2. The second-order valence-corrected chi connectivity index (χ2v) is 16.3. The topological polar surface area (TPSA) is 70.0 Å². The second kappa shape index (κ2) is 15.8. The number of pyridine rings is 2. The van der Waals surface area contributed by atoms with Gasteiger partial charge in [-0.15, -0.1) is 0 Å². The van der Waals surface area contributed by atoms with Gasteiger partial charge in [0, 0.05) is 35.9 Å². The van der Waals surface area contributed by atoms with E-state index in [0.29, 0.717) is 11.8 Å². The molecule has 1 aliphatic heterocycles. The molecule has 6 nitrogen and oxygen atoms in total. The lowest BCUT2D eigenvalue weighted by Gasteiger charge is -2.17. The SMILES string of the molecule is CC(C)c1ccnc(-c2ccc(C(C)C)c(Oc3ccc4c(c3)B(c3ncccn3)c3cc(Oc5cc(-c6cc(C(C)C)ccn6)ccc5C(C)C)ccc3-4)c2)c1. The van der Waals surface area contributed by atoms with Crippen LogP contribution < -0.4 is 26.1 Å². The van der Waals surface area contributed by atoms with Gasteiger partial charge in [0.25, 0.3) is 6.71 Å². The average molecular weight is 749 g/mol. The first kappa shape index (κ1) is 37.8. The largest absolute Gasteiger partial charge is 0.457 e. The van der Waals surface area contributed by atoms with Crippen LogP contribution in [0.5, 0.6) is 23.0 Å². The zero-order valence-corrected chi connectivity index (χ0v) is 34.1. The number of hydrogen-bond acceptors (Lipinski definition) is 6. The van der Waals surface area contributed by atoms with Crippen LogP contribution in [-0.2, 0) is 0 Å². The average Bonchev–Trinajstić information content (AvgIpc) is 3.53. The van der Waals surface area contributed by atoms with Crippen molar-refractivity contribution in [2.75, 3.05) is 0 Å². The van der Waals surface area contributed by atoms with Gasteiger partial charge in [0.15, 0.2) is 0 Å². The van der Waals surface area contributed by atoms with Crippen molar-refractivity contribution in [1.29, 1.82) is 0 Å². The summed E-state index contributed by atoms with van der Waals surface area (Å²) in [4.78, 5) is 19.0. The maximum atomic E-state index is 6.83. The highest BCUT2D eigenvalue weighted by atomic mass is 16.5. The molecule has 0 radical (unpaired) electrons. The second-order valence-electron chi connectivity index (χ2n) is 16.3. The van der Waals surface area contributed by atoms with Crippen LogP contribution in [0.4, 0.5) is 0 Å². The van der Waals surface area contributed by atoms with Crippen LogP contribution >= 0.6 is 0 Å². The van der Waals surface area contributed by atoms with E-state index < -0.39 is 0 Å². The summed E-state index contributed by atoms with van der Waals surface area (Å²) in [6, 6.07) is 36.1. The molecule has 0 aliphatic carbocycles. The monoisotopic (exact) mass is 748 g/mol. The fraction of sp³-hybridized carbons (Fsp3) is 0.240. The van der Waals surface area contributed by atoms with Gasteiger partial charge in [0.1, 0.15) is 23.0 Å². The molecule has 284 valence electrons. The van der Waals surface area contributed by atoms with Gasteiger partial charge in [0.05, 0.1) is 17.1 Å². The van der Waals surface area contributed by atoms with E-state index in [2.05, 4.69) is 152 Å². The Labute approximate surface area is 337 Å². The number of rotatable bonds is 11. The molecule has 4 heterocycles. The Balaban J connectivity index is 1.16. The van der Waals surface area contributed by atoms with Crippen molar-refractivity contribution in [3.63, 3.8) is 0 Å². The maximum absolute atomic E-state index is 6.83. The molecule has 0 unspecified atom stereocenters. The fourth-order valence-corrected chi connectivity index (χ4v) is 7.78. The van der Waals surface area contributed by atoms with E-state index in [1.165, 1.54) is 11.1 Å². The van der Waals surface area contributed by atoms with E-state index in [0.717, 1.165) is 84.4 Å². The van der Waals surface area contributed by atoms with Gasteiger partial charge in [-0.3, -0.25) is 19.9 Å². The van der Waals surface area contributed by atoms with Crippen molar-refractivity contribution in [1.82, 2.24) is 19.9 Å². The first-order valence-electron chi connectivity index (χ1n) is 20.2. The van der Waals surface area contributed by atoms with Crippen LogP contribution in [0.3, 0.4) is 0 Å². The molecular formula is C50H49BN4O2. The van der Waals surface area contributed by atoms with E-state index in [1.54, 1.807) is 0 Å². The van der Waals surface area contributed by atoms with Crippen LogP contribution in [0.15, 0.2) is 128 Å². The number of aromatic nitrogens is 4. The molecule has 3 aromatic heterocycles. The van der Waals surface area contributed by atoms with Gasteiger partial charge in [-0.05, 0) is 124 Å². The predicted molar refractivity (Wildman–Crippen MR) is 234 cm³/mol. The van der Waals surface area contributed by atoms with Crippen molar-refractivity contribution < 1.29 is 9.47 Å². The van der Waals surface area contributed by atoms with Gasteiger partial charge in [0.2, 0.25) is 0 Å². The highest BCUT2D eigenvalue weighted by Gasteiger charge is 2.37. The van der Waals surface area contributed by atoms with Crippen LogP contribution in [-0.4, -0.2) is 26.6 Å². The summed E-state index contributed by atoms with van der Waals surface area (Å²) < 4.78 is 13.7. The Morgan fingerprint density at radius 1 is 0.439 bits per heavy atom. The molecule has 7 heteroatoms. The van der Waals surface area contributed by atoms with Gasteiger partial charge in [-0.25, -0.2) is 0 Å². The lowest BCUT2D eigenvalue weighted by Crippen LogP contribution is -2.51. The highest BCUT2D eigenvalue weighted by Crippen LogP contribution is 2.38. The van der Waals surface area contributed by atoms with Crippen molar-refractivity contribution in [3.8, 4) is 56.6 Å². The number of fused-ring (bicyclic) bond motifs is 3. The van der Waals surface area contributed by atoms with E-state index in [1.807, 2.05) is 30.9 Å². The lowest BCUT2D eigenvalue weighted by molar-refractivity contribution is 0.473. The Morgan fingerprint density at radius 3 is 1.32 bits per heavy atom. The molecule has 0 saturated heterocycles. The summed E-state index contributed by atoms with van der Waals surface area (Å²) in [5.74, 6) is 4.53. The van der Waals surface area contributed by atoms with Gasteiger partial charge in [-0.2, -0.15) is 0 Å². The third-order valence-electron chi connectivity index (χ3n) is 11.0. The summed E-state index contributed by atoms with van der Waals surface area (Å²) in [5.41, 5.74) is 13.9. The van der Waals surface area contributed by atoms with Crippen molar-refractivity contribution in [2.24, 2.45) is 0 Å². The number of hydrogen-bond donors (Lipinski definition) is 0. The molecule has 1 aliphatic rings.